The van der Waals surface area contributed by atoms with Gasteiger partial charge >= 0.3 is 6.18 Å². The molecule has 0 atom stereocenters. The number of hydrogen-bond acceptors (Lipinski definition) is 3. The van der Waals surface area contributed by atoms with Crippen molar-refractivity contribution in [2.75, 3.05) is 17.2 Å². The number of halogens is 3. The summed E-state index contributed by atoms with van der Waals surface area (Å²) in [7, 11) is 0. The molecule has 0 aliphatic heterocycles. The van der Waals surface area contributed by atoms with Crippen molar-refractivity contribution in [1.82, 2.24) is 4.98 Å². The molecule has 1 aromatic rings. The van der Waals surface area contributed by atoms with E-state index >= 15 is 0 Å². The molecule has 106 valence electrons. The van der Waals surface area contributed by atoms with E-state index in [9.17, 15) is 13.2 Å². The van der Waals surface area contributed by atoms with E-state index < -0.39 is 11.7 Å². The SMILES string of the molecule is CC(C)CN(c1cc(C(F)(F)F)cc(N)n1)C1CC1. The Morgan fingerprint density at radius 3 is 2.47 bits per heavy atom. The Morgan fingerprint density at radius 2 is 2.00 bits per heavy atom. The maximum atomic E-state index is 12.8. The van der Waals surface area contributed by atoms with E-state index in [1.165, 1.54) is 0 Å². The summed E-state index contributed by atoms with van der Waals surface area (Å²) in [4.78, 5) is 6.01. The number of pyridine rings is 1. The van der Waals surface area contributed by atoms with E-state index in [1.807, 2.05) is 18.7 Å². The molecule has 0 bridgehead atoms. The minimum atomic E-state index is -4.39. The zero-order chi connectivity index (χ0) is 14.2. The van der Waals surface area contributed by atoms with Crippen LogP contribution >= 0.6 is 0 Å². The van der Waals surface area contributed by atoms with Crippen molar-refractivity contribution in [3.63, 3.8) is 0 Å². The highest BCUT2D eigenvalue weighted by Crippen LogP contribution is 2.36. The molecule has 1 saturated carbocycles. The van der Waals surface area contributed by atoms with Crippen LogP contribution in [0.15, 0.2) is 12.1 Å². The van der Waals surface area contributed by atoms with E-state index in [0.717, 1.165) is 25.0 Å². The summed E-state index contributed by atoms with van der Waals surface area (Å²) in [6.07, 6.45) is -2.38. The first-order valence-electron chi connectivity index (χ1n) is 6.39. The van der Waals surface area contributed by atoms with Gasteiger partial charge in [0.1, 0.15) is 11.6 Å². The lowest BCUT2D eigenvalue weighted by molar-refractivity contribution is -0.137. The van der Waals surface area contributed by atoms with Gasteiger partial charge in [0.15, 0.2) is 0 Å². The van der Waals surface area contributed by atoms with Gasteiger partial charge in [0.2, 0.25) is 0 Å². The van der Waals surface area contributed by atoms with Crippen LogP contribution in [0.2, 0.25) is 0 Å². The summed E-state index contributed by atoms with van der Waals surface area (Å²) in [5, 5.41) is 0. The molecule has 1 aliphatic rings. The zero-order valence-electron chi connectivity index (χ0n) is 11.0. The molecule has 0 radical (unpaired) electrons. The molecule has 0 unspecified atom stereocenters. The average Bonchev–Trinajstić information content (AvgIpc) is 3.07. The topological polar surface area (TPSA) is 42.1 Å². The number of alkyl halides is 3. The Hall–Kier alpha value is -1.46. The molecule has 1 fully saturated rings. The van der Waals surface area contributed by atoms with Crippen LogP contribution in [0, 0.1) is 5.92 Å². The van der Waals surface area contributed by atoms with Gasteiger partial charge in [-0.3, -0.25) is 0 Å². The van der Waals surface area contributed by atoms with E-state index in [1.54, 1.807) is 0 Å². The molecule has 2 N–H and O–H groups in total. The van der Waals surface area contributed by atoms with Crippen LogP contribution < -0.4 is 10.6 Å². The Kier molecular flexibility index (Phi) is 3.60. The first-order valence-corrected chi connectivity index (χ1v) is 6.39. The highest BCUT2D eigenvalue weighted by Gasteiger charge is 2.35. The lowest BCUT2D eigenvalue weighted by Crippen LogP contribution is -2.31. The second-order valence-electron chi connectivity index (χ2n) is 5.41. The van der Waals surface area contributed by atoms with Crippen LogP contribution in [0.3, 0.4) is 0 Å². The van der Waals surface area contributed by atoms with E-state index in [0.29, 0.717) is 24.3 Å². The minimum absolute atomic E-state index is 0.0840. The largest absolute Gasteiger partial charge is 0.416 e. The van der Waals surface area contributed by atoms with Gasteiger partial charge in [-0.05, 0) is 30.9 Å². The van der Waals surface area contributed by atoms with Crippen molar-refractivity contribution in [3.05, 3.63) is 17.7 Å². The van der Waals surface area contributed by atoms with Gasteiger partial charge in [-0.2, -0.15) is 13.2 Å². The normalized spacial score (nSPS) is 15.9. The lowest BCUT2D eigenvalue weighted by atomic mass is 10.2. The smallest absolute Gasteiger partial charge is 0.384 e. The monoisotopic (exact) mass is 273 g/mol. The van der Waals surface area contributed by atoms with Gasteiger partial charge in [-0.1, -0.05) is 13.8 Å². The van der Waals surface area contributed by atoms with Crippen LogP contribution in [0.25, 0.3) is 0 Å². The standard InChI is InChI=1S/C13H18F3N3/c1-8(2)7-19(10-3-4-10)12-6-9(13(14,15)16)5-11(17)18-12/h5-6,8,10H,3-4,7H2,1-2H3,(H2,17,18). The van der Waals surface area contributed by atoms with Crippen LogP contribution in [0.1, 0.15) is 32.3 Å². The van der Waals surface area contributed by atoms with Crippen LogP contribution in [0.5, 0.6) is 0 Å². The number of nitrogens with two attached hydrogens (primary N) is 1. The molecule has 1 aromatic heterocycles. The summed E-state index contributed by atoms with van der Waals surface area (Å²) in [6, 6.07) is 2.28. The van der Waals surface area contributed by atoms with E-state index in [4.69, 9.17) is 5.73 Å². The van der Waals surface area contributed by atoms with Gasteiger partial charge in [0, 0.05) is 12.6 Å². The molecule has 6 heteroatoms. The van der Waals surface area contributed by atoms with Crippen molar-refractivity contribution in [2.24, 2.45) is 5.92 Å². The third-order valence-electron chi connectivity index (χ3n) is 3.00. The quantitative estimate of drug-likeness (QED) is 0.915. The molecule has 1 heterocycles. The molecule has 0 saturated heterocycles. The molecular weight excluding hydrogens is 255 g/mol. The molecule has 0 spiro atoms. The Bertz CT molecular complexity index is 453. The number of rotatable bonds is 4. The predicted octanol–water partition coefficient (Wildman–Crippen LogP) is 3.31. The number of nitrogens with zero attached hydrogens (tertiary/aromatic N) is 2. The molecule has 3 nitrogen and oxygen atoms in total. The summed E-state index contributed by atoms with van der Waals surface area (Å²) in [5.74, 6) is 0.612. The fourth-order valence-electron chi connectivity index (χ4n) is 2.06. The first-order chi connectivity index (χ1) is 8.77. The highest BCUT2D eigenvalue weighted by molar-refractivity contribution is 5.50. The van der Waals surface area contributed by atoms with E-state index in [2.05, 4.69) is 4.98 Å². The third kappa shape index (κ3) is 3.52. The summed E-state index contributed by atoms with van der Waals surface area (Å²) in [5.41, 5.74) is 4.78. The van der Waals surface area contributed by atoms with Crippen LogP contribution in [-0.2, 0) is 6.18 Å². The van der Waals surface area contributed by atoms with Crippen molar-refractivity contribution in [1.29, 1.82) is 0 Å². The Morgan fingerprint density at radius 1 is 1.37 bits per heavy atom. The van der Waals surface area contributed by atoms with Gasteiger partial charge in [-0.15, -0.1) is 0 Å². The number of aromatic nitrogens is 1. The van der Waals surface area contributed by atoms with Crippen molar-refractivity contribution in [3.8, 4) is 0 Å². The highest BCUT2D eigenvalue weighted by atomic mass is 19.4. The van der Waals surface area contributed by atoms with Crippen molar-refractivity contribution >= 4 is 11.6 Å². The number of hydrogen-bond donors (Lipinski definition) is 1. The number of nitrogen functional groups attached to an aromatic ring is 1. The lowest BCUT2D eigenvalue weighted by Gasteiger charge is -2.26. The predicted molar refractivity (Wildman–Crippen MR) is 68.9 cm³/mol. The maximum Gasteiger partial charge on any atom is 0.416 e. The first kappa shape index (κ1) is 14.0. The third-order valence-corrected chi connectivity index (χ3v) is 3.00. The van der Waals surface area contributed by atoms with Gasteiger partial charge < -0.3 is 10.6 Å². The van der Waals surface area contributed by atoms with E-state index in [-0.39, 0.29) is 5.82 Å². The van der Waals surface area contributed by atoms with Gasteiger partial charge in [-0.25, -0.2) is 4.98 Å². The molecule has 0 amide bonds. The second kappa shape index (κ2) is 4.90. The minimum Gasteiger partial charge on any atom is -0.384 e. The summed E-state index contributed by atoms with van der Waals surface area (Å²) >= 11 is 0. The molecule has 1 aliphatic carbocycles. The van der Waals surface area contributed by atoms with Gasteiger partial charge in [0.05, 0.1) is 5.56 Å². The fourth-order valence-corrected chi connectivity index (χ4v) is 2.06. The molecule has 2 rings (SSSR count). The van der Waals surface area contributed by atoms with Crippen molar-refractivity contribution < 1.29 is 13.2 Å². The number of anilines is 2. The molecule has 0 aromatic carbocycles. The fraction of sp³-hybridized carbons (Fsp3) is 0.615. The van der Waals surface area contributed by atoms with Crippen LogP contribution in [-0.4, -0.2) is 17.6 Å². The van der Waals surface area contributed by atoms with Crippen LogP contribution in [0.4, 0.5) is 24.8 Å². The van der Waals surface area contributed by atoms with Crippen molar-refractivity contribution in [2.45, 2.75) is 38.9 Å². The Labute approximate surface area is 110 Å². The maximum absolute atomic E-state index is 12.8. The average molecular weight is 273 g/mol. The van der Waals surface area contributed by atoms with Gasteiger partial charge in [0.25, 0.3) is 0 Å². The molecule has 19 heavy (non-hydrogen) atoms. The second-order valence-corrected chi connectivity index (χ2v) is 5.41. The zero-order valence-corrected chi connectivity index (χ0v) is 11.0. The summed E-state index contributed by atoms with van der Waals surface area (Å²) < 4.78 is 38.4. The Balaban J connectivity index is 2.34. The summed E-state index contributed by atoms with van der Waals surface area (Å²) in [6.45, 7) is 4.76. The molecular formula is C13H18F3N3.